The number of hydrogen-bond acceptors (Lipinski definition) is 3. The standard InChI is InChI=1S/C28H42O3/c1-19(29)8-6-5-7-14-28(31)17-16-26(3)21(18-28)9-10-22-24-12-11-23(20(2)30)27(24,4)15-13-25(22)26/h21-25,31H,5-6,8-13,15-18H2,1-4H3/t21?,22-,23+,24-,25-,26-,27+,28?/m0/s1. The highest BCUT2D eigenvalue weighted by molar-refractivity contribution is 5.79. The van der Waals surface area contributed by atoms with E-state index in [9.17, 15) is 14.7 Å². The molecule has 0 amide bonds. The summed E-state index contributed by atoms with van der Waals surface area (Å²) in [5, 5.41) is 11.2. The van der Waals surface area contributed by atoms with Crippen molar-refractivity contribution in [3.63, 3.8) is 0 Å². The van der Waals surface area contributed by atoms with Crippen LogP contribution >= 0.6 is 0 Å². The van der Waals surface area contributed by atoms with Crippen molar-refractivity contribution in [3.8, 4) is 11.8 Å². The predicted molar refractivity (Wildman–Crippen MR) is 123 cm³/mol. The molecular formula is C28H42O3. The molecule has 0 aliphatic heterocycles. The van der Waals surface area contributed by atoms with Gasteiger partial charge in [0.15, 0.2) is 0 Å². The number of rotatable bonds is 4. The van der Waals surface area contributed by atoms with Gasteiger partial charge >= 0.3 is 0 Å². The molecule has 172 valence electrons. The summed E-state index contributed by atoms with van der Waals surface area (Å²) in [6.45, 7) is 8.36. The van der Waals surface area contributed by atoms with E-state index in [4.69, 9.17) is 0 Å². The second kappa shape index (κ2) is 8.33. The number of Topliss-reactive ketones (excluding diaryl/α,β-unsaturated/α-hetero) is 2. The number of hydrogen-bond donors (Lipinski definition) is 1. The summed E-state index contributed by atoms with van der Waals surface area (Å²) in [6, 6.07) is 0. The highest BCUT2D eigenvalue weighted by atomic mass is 16.3. The third-order valence-electron chi connectivity index (χ3n) is 10.4. The Morgan fingerprint density at radius 2 is 1.68 bits per heavy atom. The molecule has 0 saturated heterocycles. The third-order valence-corrected chi connectivity index (χ3v) is 10.4. The zero-order valence-corrected chi connectivity index (χ0v) is 20.1. The SMILES string of the molecule is CC(=O)CCCC#CC1(O)CC[C@@]2(C)C(CC[C@H]3[C@@H]4CC[C@H](C(C)=O)[C@@]4(C)CC[C@@H]32)C1. The number of ketones is 2. The first-order valence-corrected chi connectivity index (χ1v) is 12.8. The Labute approximate surface area is 189 Å². The lowest BCUT2D eigenvalue weighted by Crippen LogP contribution is -2.56. The second-order valence-corrected chi connectivity index (χ2v) is 12.0. The summed E-state index contributed by atoms with van der Waals surface area (Å²) in [4.78, 5) is 23.4. The van der Waals surface area contributed by atoms with Crippen LogP contribution < -0.4 is 0 Å². The molecule has 0 aromatic carbocycles. The van der Waals surface area contributed by atoms with Gasteiger partial charge in [-0.1, -0.05) is 19.8 Å². The average molecular weight is 427 g/mol. The topological polar surface area (TPSA) is 54.4 Å². The highest BCUT2D eigenvalue weighted by Crippen LogP contribution is 2.68. The van der Waals surface area contributed by atoms with Gasteiger partial charge in [-0.2, -0.15) is 0 Å². The van der Waals surface area contributed by atoms with Gasteiger partial charge in [-0.05, 0) is 113 Å². The number of carbonyl (C=O) groups excluding carboxylic acids is 2. The van der Waals surface area contributed by atoms with Crippen LogP contribution in [0.4, 0.5) is 0 Å². The van der Waals surface area contributed by atoms with Crippen LogP contribution in [-0.4, -0.2) is 22.3 Å². The van der Waals surface area contributed by atoms with Gasteiger partial charge < -0.3 is 9.90 Å². The average Bonchev–Trinajstić information content (AvgIpc) is 3.06. The molecular weight excluding hydrogens is 384 g/mol. The van der Waals surface area contributed by atoms with Crippen molar-refractivity contribution in [1.29, 1.82) is 0 Å². The van der Waals surface area contributed by atoms with Crippen LogP contribution in [0, 0.1) is 52.3 Å². The lowest BCUT2D eigenvalue weighted by molar-refractivity contribution is -0.144. The molecule has 3 nitrogen and oxygen atoms in total. The zero-order valence-electron chi connectivity index (χ0n) is 20.1. The minimum Gasteiger partial charge on any atom is -0.378 e. The van der Waals surface area contributed by atoms with E-state index >= 15 is 0 Å². The maximum absolute atomic E-state index is 12.3. The van der Waals surface area contributed by atoms with E-state index in [1.807, 2.05) is 6.92 Å². The predicted octanol–water partition coefficient (Wildman–Crippen LogP) is 5.73. The maximum Gasteiger partial charge on any atom is 0.133 e. The summed E-state index contributed by atoms with van der Waals surface area (Å²) in [5.74, 6) is 10.0. The molecule has 1 N–H and O–H groups in total. The molecule has 4 rings (SSSR count). The van der Waals surface area contributed by atoms with Crippen LogP contribution in [0.5, 0.6) is 0 Å². The van der Waals surface area contributed by atoms with E-state index < -0.39 is 5.60 Å². The third kappa shape index (κ3) is 4.03. The summed E-state index contributed by atoms with van der Waals surface area (Å²) < 4.78 is 0. The van der Waals surface area contributed by atoms with Crippen molar-refractivity contribution in [2.75, 3.05) is 0 Å². The molecule has 4 aliphatic carbocycles. The molecule has 4 saturated carbocycles. The number of aliphatic hydroxyl groups is 1. The number of unbranched alkanes of at least 4 members (excludes halogenated alkanes) is 1. The Morgan fingerprint density at radius 3 is 2.39 bits per heavy atom. The molecule has 31 heavy (non-hydrogen) atoms. The largest absolute Gasteiger partial charge is 0.378 e. The number of fused-ring (bicyclic) bond motifs is 5. The van der Waals surface area contributed by atoms with Crippen LogP contribution in [0.25, 0.3) is 0 Å². The van der Waals surface area contributed by atoms with E-state index in [-0.39, 0.29) is 17.1 Å². The molecule has 0 heterocycles. The van der Waals surface area contributed by atoms with Gasteiger partial charge in [-0.15, -0.1) is 5.92 Å². The van der Waals surface area contributed by atoms with Crippen molar-refractivity contribution in [3.05, 3.63) is 0 Å². The summed E-state index contributed by atoms with van der Waals surface area (Å²) in [5.41, 5.74) is -0.318. The molecule has 0 aromatic heterocycles. The van der Waals surface area contributed by atoms with Crippen LogP contribution in [-0.2, 0) is 9.59 Å². The molecule has 4 fully saturated rings. The van der Waals surface area contributed by atoms with E-state index in [0.717, 1.165) is 43.9 Å². The normalized spacial score (nSPS) is 46.2. The van der Waals surface area contributed by atoms with Gasteiger partial charge in [-0.3, -0.25) is 4.79 Å². The van der Waals surface area contributed by atoms with E-state index in [2.05, 4.69) is 25.7 Å². The first-order chi connectivity index (χ1) is 14.6. The Morgan fingerprint density at radius 1 is 0.935 bits per heavy atom. The zero-order chi connectivity index (χ0) is 22.4. The van der Waals surface area contributed by atoms with Crippen molar-refractivity contribution >= 4 is 11.6 Å². The van der Waals surface area contributed by atoms with Crippen LogP contribution in [0.15, 0.2) is 0 Å². The fourth-order valence-electron chi connectivity index (χ4n) is 8.68. The van der Waals surface area contributed by atoms with Crippen LogP contribution in [0.3, 0.4) is 0 Å². The quantitative estimate of drug-likeness (QED) is 0.461. The highest BCUT2D eigenvalue weighted by Gasteiger charge is 2.61. The van der Waals surface area contributed by atoms with E-state index in [1.54, 1.807) is 6.92 Å². The van der Waals surface area contributed by atoms with E-state index in [0.29, 0.717) is 35.9 Å². The molecule has 0 spiro atoms. The smallest absolute Gasteiger partial charge is 0.133 e. The Kier molecular flexibility index (Phi) is 6.19. The van der Waals surface area contributed by atoms with Gasteiger partial charge in [0.05, 0.1) is 0 Å². The second-order valence-electron chi connectivity index (χ2n) is 12.0. The molecule has 2 unspecified atom stereocenters. The lowest BCUT2D eigenvalue weighted by Gasteiger charge is -2.61. The fourth-order valence-corrected chi connectivity index (χ4v) is 8.68. The van der Waals surface area contributed by atoms with Gasteiger partial charge in [0, 0.05) is 18.8 Å². The first kappa shape index (κ1) is 23.0. The maximum atomic E-state index is 12.3. The monoisotopic (exact) mass is 426 g/mol. The van der Waals surface area contributed by atoms with Gasteiger partial charge in [0.2, 0.25) is 0 Å². The Hall–Kier alpha value is -1.14. The minimum absolute atomic E-state index is 0.214. The van der Waals surface area contributed by atoms with Crippen molar-refractivity contribution < 1.29 is 14.7 Å². The van der Waals surface area contributed by atoms with Crippen LogP contribution in [0.2, 0.25) is 0 Å². The Balaban J connectivity index is 1.45. The molecule has 3 heteroatoms. The van der Waals surface area contributed by atoms with Crippen molar-refractivity contribution in [1.82, 2.24) is 0 Å². The molecule has 4 aliphatic rings. The van der Waals surface area contributed by atoms with Gasteiger partial charge in [0.25, 0.3) is 0 Å². The summed E-state index contributed by atoms with van der Waals surface area (Å²) in [6.07, 6.45) is 12.0. The Bertz CT molecular complexity index is 790. The molecule has 0 aromatic rings. The minimum atomic E-state index is -0.844. The molecule has 0 bridgehead atoms. The molecule has 0 radical (unpaired) electrons. The number of carbonyl (C=O) groups is 2. The lowest BCUT2D eigenvalue weighted by atomic mass is 9.44. The van der Waals surface area contributed by atoms with Crippen LogP contribution in [0.1, 0.15) is 105 Å². The summed E-state index contributed by atoms with van der Waals surface area (Å²) in [7, 11) is 0. The van der Waals surface area contributed by atoms with Gasteiger partial charge in [-0.25, -0.2) is 0 Å². The summed E-state index contributed by atoms with van der Waals surface area (Å²) >= 11 is 0. The van der Waals surface area contributed by atoms with Crippen molar-refractivity contribution in [2.24, 2.45) is 40.4 Å². The fraction of sp³-hybridized carbons (Fsp3) is 0.857. The van der Waals surface area contributed by atoms with E-state index in [1.165, 1.54) is 32.1 Å². The van der Waals surface area contributed by atoms with Crippen molar-refractivity contribution in [2.45, 2.75) is 110 Å². The van der Waals surface area contributed by atoms with Gasteiger partial charge in [0.1, 0.15) is 17.2 Å². The first-order valence-electron chi connectivity index (χ1n) is 12.8. The molecule has 8 atom stereocenters.